The van der Waals surface area contributed by atoms with Crippen LogP contribution < -0.4 is 0 Å². The summed E-state index contributed by atoms with van der Waals surface area (Å²) in [7, 11) is 1.85. The lowest BCUT2D eigenvalue weighted by atomic mass is 10.0. The molecule has 4 heteroatoms. The zero-order valence-corrected chi connectivity index (χ0v) is 8.69. The lowest BCUT2D eigenvalue weighted by Crippen LogP contribution is -2.02. The van der Waals surface area contributed by atoms with Gasteiger partial charge in [0.05, 0.1) is 18.1 Å². The number of fused-ring (bicyclic) bond motifs is 1. The molecule has 0 aliphatic rings. The van der Waals surface area contributed by atoms with E-state index in [0.29, 0.717) is 0 Å². The SMILES string of the molecule is Cc1cc2cnn(C)c2cc1CC(=O)O. The minimum atomic E-state index is -0.806. The number of carboxylic acids is 1. The summed E-state index contributed by atoms with van der Waals surface area (Å²) < 4.78 is 1.75. The molecule has 15 heavy (non-hydrogen) atoms. The third kappa shape index (κ3) is 1.70. The monoisotopic (exact) mass is 204 g/mol. The van der Waals surface area contributed by atoms with Gasteiger partial charge in [0.25, 0.3) is 0 Å². The second-order valence-electron chi connectivity index (χ2n) is 3.68. The molecule has 0 fully saturated rings. The molecule has 0 spiro atoms. The van der Waals surface area contributed by atoms with Crippen LogP contribution in [0.1, 0.15) is 11.1 Å². The van der Waals surface area contributed by atoms with Crippen LogP contribution in [0.4, 0.5) is 0 Å². The van der Waals surface area contributed by atoms with E-state index in [1.54, 1.807) is 10.9 Å². The maximum absolute atomic E-state index is 10.7. The third-order valence-corrected chi connectivity index (χ3v) is 2.55. The van der Waals surface area contributed by atoms with Gasteiger partial charge in [-0.25, -0.2) is 0 Å². The molecule has 0 aliphatic carbocycles. The van der Waals surface area contributed by atoms with Crippen LogP contribution in [-0.4, -0.2) is 20.9 Å². The van der Waals surface area contributed by atoms with Crippen LogP contribution in [0.2, 0.25) is 0 Å². The van der Waals surface area contributed by atoms with Gasteiger partial charge >= 0.3 is 5.97 Å². The Bertz CT molecular complexity index is 529. The Labute approximate surface area is 87.1 Å². The van der Waals surface area contributed by atoms with Crippen LogP contribution in [-0.2, 0) is 18.3 Å². The molecule has 1 aromatic heterocycles. The van der Waals surface area contributed by atoms with Crippen LogP contribution in [0.15, 0.2) is 18.3 Å². The average molecular weight is 204 g/mol. The van der Waals surface area contributed by atoms with Crippen LogP contribution in [0, 0.1) is 6.92 Å². The van der Waals surface area contributed by atoms with E-state index in [9.17, 15) is 4.79 Å². The van der Waals surface area contributed by atoms with Crippen molar-refractivity contribution in [3.8, 4) is 0 Å². The van der Waals surface area contributed by atoms with E-state index in [1.807, 2.05) is 26.1 Å². The first kappa shape index (κ1) is 9.71. The Morgan fingerprint density at radius 1 is 1.53 bits per heavy atom. The van der Waals surface area contributed by atoms with Crippen molar-refractivity contribution in [1.82, 2.24) is 9.78 Å². The summed E-state index contributed by atoms with van der Waals surface area (Å²) in [5.74, 6) is -0.806. The van der Waals surface area contributed by atoms with Crippen molar-refractivity contribution >= 4 is 16.9 Å². The van der Waals surface area contributed by atoms with Gasteiger partial charge in [-0.05, 0) is 30.2 Å². The molecular weight excluding hydrogens is 192 g/mol. The highest BCUT2D eigenvalue weighted by molar-refractivity contribution is 5.82. The number of hydrogen-bond acceptors (Lipinski definition) is 2. The molecule has 0 amide bonds. The van der Waals surface area contributed by atoms with Crippen LogP contribution in [0.5, 0.6) is 0 Å². The standard InChI is InChI=1S/C11H12N2O2/c1-7-3-9-6-12-13(2)10(9)4-8(7)5-11(14)15/h3-4,6H,5H2,1-2H3,(H,14,15). The molecule has 2 aromatic rings. The topological polar surface area (TPSA) is 55.1 Å². The lowest BCUT2D eigenvalue weighted by molar-refractivity contribution is -0.136. The van der Waals surface area contributed by atoms with Crippen LogP contribution in [0.3, 0.4) is 0 Å². The van der Waals surface area contributed by atoms with Crippen molar-refractivity contribution in [1.29, 1.82) is 0 Å². The zero-order chi connectivity index (χ0) is 11.0. The Kier molecular flexibility index (Phi) is 2.19. The van der Waals surface area contributed by atoms with Gasteiger partial charge < -0.3 is 5.11 Å². The molecule has 2 rings (SSSR count). The van der Waals surface area contributed by atoms with Gasteiger partial charge in [-0.15, -0.1) is 0 Å². The first-order valence-electron chi connectivity index (χ1n) is 4.71. The molecule has 1 aromatic carbocycles. The fraction of sp³-hybridized carbons (Fsp3) is 0.273. The smallest absolute Gasteiger partial charge is 0.307 e. The summed E-state index contributed by atoms with van der Waals surface area (Å²) in [4.78, 5) is 10.7. The summed E-state index contributed by atoms with van der Waals surface area (Å²) in [6.45, 7) is 1.92. The maximum Gasteiger partial charge on any atom is 0.307 e. The fourth-order valence-corrected chi connectivity index (χ4v) is 1.71. The largest absolute Gasteiger partial charge is 0.481 e. The fourth-order valence-electron chi connectivity index (χ4n) is 1.71. The molecule has 4 nitrogen and oxygen atoms in total. The van der Waals surface area contributed by atoms with Crippen molar-refractivity contribution < 1.29 is 9.90 Å². The number of nitrogens with zero attached hydrogens (tertiary/aromatic N) is 2. The second kappa shape index (κ2) is 3.38. The summed E-state index contributed by atoms with van der Waals surface area (Å²) in [5, 5.41) is 13.9. The Morgan fingerprint density at radius 3 is 2.93 bits per heavy atom. The van der Waals surface area contributed by atoms with Gasteiger partial charge in [-0.3, -0.25) is 9.48 Å². The number of aryl methyl sites for hydroxylation is 2. The molecular formula is C11H12N2O2. The van der Waals surface area contributed by atoms with E-state index in [0.717, 1.165) is 22.0 Å². The van der Waals surface area contributed by atoms with E-state index >= 15 is 0 Å². The zero-order valence-electron chi connectivity index (χ0n) is 8.69. The van der Waals surface area contributed by atoms with E-state index in [2.05, 4.69) is 5.10 Å². The molecule has 0 bridgehead atoms. The molecule has 0 aliphatic heterocycles. The second-order valence-corrected chi connectivity index (χ2v) is 3.68. The molecule has 0 saturated carbocycles. The van der Waals surface area contributed by atoms with Crippen LogP contribution >= 0.6 is 0 Å². The molecule has 0 saturated heterocycles. The van der Waals surface area contributed by atoms with Crippen molar-refractivity contribution in [3.05, 3.63) is 29.5 Å². The Balaban J connectivity index is 2.59. The van der Waals surface area contributed by atoms with E-state index in [4.69, 9.17) is 5.11 Å². The van der Waals surface area contributed by atoms with E-state index in [-0.39, 0.29) is 6.42 Å². The van der Waals surface area contributed by atoms with Crippen molar-refractivity contribution in [3.63, 3.8) is 0 Å². The van der Waals surface area contributed by atoms with E-state index in [1.165, 1.54) is 0 Å². The number of carboxylic acid groups (broad SMARTS) is 1. The molecule has 1 heterocycles. The Hall–Kier alpha value is -1.84. The number of rotatable bonds is 2. The predicted molar refractivity (Wildman–Crippen MR) is 56.8 cm³/mol. The molecule has 1 N–H and O–H groups in total. The normalized spacial score (nSPS) is 10.8. The highest BCUT2D eigenvalue weighted by Crippen LogP contribution is 2.19. The van der Waals surface area contributed by atoms with Gasteiger partial charge in [0.15, 0.2) is 0 Å². The van der Waals surface area contributed by atoms with Gasteiger partial charge in [0, 0.05) is 12.4 Å². The number of aromatic nitrogens is 2. The molecule has 0 unspecified atom stereocenters. The number of aliphatic carboxylic acids is 1. The van der Waals surface area contributed by atoms with Gasteiger partial charge in [-0.2, -0.15) is 5.10 Å². The van der Waals surface area contributed by atoms with Crippen molar-refractivity contribution in [2.45, 2.75) is 13.3 Å². The summed E-state index contributed by atoms with van der Waals surface area (Å²) in [6, 6.07) is 3.87. The number of carbonyl (C=O) groups is 1. The van der Waals surface area contributed by atoms with Gasteiger partial charge in [-0.1, -0.05) is 0 Å². The number of hydrogen-bond donors (Lipinski definition) is 1. The van der Waals surface area contributed by atoms with Gasteiger partial charge in [0.2, 0.25) is 0 Å². The van der Waals surface area contributed by atoms with Crippen molar-refractivity contribution in [2.24, 2.45) is 7.05 Å². The number of benzene rings is 1. The average Bonchev–Trinajstić information content (AvgIpc) is 2.48. The highest BCUT2D eigenvalue weighted by Gasteiger charge is 2.07. The molecule has 0 atom stereocenters. The summed E-state index contributed by atoms with van der Waals surface area (Å²) >= 11 is 0. The maximum atomic E-state index is 10.7. The summed E-state index contributed by atoms with van der Waals surface area (Å²) in [5.41, 5.74) is 2.81. The van der Waals surface area contributed by atoms with E-state index < -0.39 is 5.97 Å². The van der Waals surface area contributed by atoms with Gasteiger partial charge in [0.1, 0.15) is 0 Å². The van der Waals surface area contributed by atoms with Crippen molar-refractivity contribution in [2.75, 3.05) is 0 Å². The first-order valence-corrected chi connectivity index (χ1v) is 4.71. The molecule has 78 valence electrons. The predicted octanol–water partition coefficient (Wildman–Crippen LogP) is 1.51. The van der Waals surface area contributed by atoms with Crippen LogP contribution in [0.25, 0.3) is 10.9 Å². The summed E-state index contributed by atoms with van der Waals surface area (Å²) in [6.07, 6.45) is 1.85. The molecule has 0 radical (unpaired) electrons. The third-order valence-electron chi connectivity index (χ3n) is 2.55. The highest BCUT2D eigenvalue weighted by atomic mass is 16.4. The minimum Gasteiger partial charge on any atom is -0.481 e. The Morgan fingerprint density at radius 2 is 2.27 bits per heavy atom. The first-order chi connectivity index (χ1) is 7.08. The minimum absolute atomic E-state index is 0.0625. The lowest BCUT2D eigenvalue weighted by Gasteiger charge is -2.04. The quantitative estimate of drug-likeness (QED) is 0.806.